The molecular weight excluding hydrogens is 357 g/mol. The van der Waals surface area contributed by atoms with E-state index < -0.39 is 23.0 Å². The quantitative estimate of drug-likeness (QED) is 0.811. The molecule has 1 saturated carbocycles. The molecule has 3 aliphatic rings. The van der Waals surface area contributed by atoms with Gasteiger partial charge in [-0.1, -0.05) is 0 Å². The Morgan fingerprint density at radius 2 is 2.00 bits per heavy atom. The summed E-state index contributed by atoms with van der Waals surface area (Å²) in [6.45, 7) is 3.76. The average molecular weight is 376 g/mol. The van der Waals surface area contributed by atoms with Gasteiger partial charge in [-0.15, -0.1) is 0 Å². The second kappa shape index (κ2) is 5.80. The van der Waals surface area contributed by atoms with Crippen molar-refractivity contribution in [2.24, 2.45) is 17.8 Å². The minimum Gasteiger partial charge on any atom is -0.356 e. The van der Waals surface area contributed by atoms with Gasteiger partial charge in [-0.25, -0.2) is 9.19 Å². The smallest absolute Gasteiger partial charge is 0.356 e. The van der Waals surface area contributed by atoms with Crippen LogP contribution in [0.1, 0.15) is 19.0 Å². The monoisotopic (exact) mass is 376 g/mol. The van der Waals surface area contributed by atoms with Gasteiger partial charge in [-0.3, -0.25) is 0 Å². The summed E-state index contributed by atoms with van der Waals surface area (Å²) in [5.74, 6) is 1.42. The van der Waals surface area contributed by atoms with Gasteiger partial charge in [0.1, 0.15) is 5.82 Å². The Hall–Kier alpha value is -1.42. The zero-order chi connectivity index (χ0) is 17.9. The van der Waals surface area contributed by atoms with E-state index in [-0.39, 0.29) is 35.5 Å². The van der Waals surface area contributed by atoms with E-state index in [9.17, 15) is 17.4 Å². The molecule has 1 aromatic rings. The molecule has 6 nitrogen and oxygen atoms in total. The van der Waals surface area contributed by atoms with Crippen molar-refractivity contribution < 1.29 is 21.9 Å². The van der Waals surface area contributed by atoms with Crippen LogP contribution < -0.4 is 9.80 Å². The van der Waals surface area contributed by atoms with Crippen molar-refractivity contribution in [3.63, 3.8) is 0 Å². The van der Waals surface area contributed by atoms with Gasteiger partial charge in [0.05, 0.1) is 5.75 Å². The lowest BCUT2D eigenvalue weighted by atomic mass is 10.1. The first-order valence-corrected chi connectivity index (χ1v) is 9.57. The van der Waals surface area contributed by atoms with Crippen molar-refractivity contribution in [3.05, 3.63) is 11.8 Å². The number of hydrogen-bond donors (Lipinski definition) is 1. The molecule has 1 aromatic heterocycles. The van der Waals surface area contributed by atoms with Crippen LogP contribution in [0.2, 0.25) is 0 Å². The third-order valence-electron chi connectivity index (χ3n) is 5.60. The van der Waals surface area contributed by atoms with Gasteiger partial charge in [-0.05, 0) is 31.1 Å². The van der Waals surface area contributed by atoms with Crippen molar-refractivity contribution >= 4 is 22.8 Å². The molecule has 1 N–H and O–H groups in total. The highest BCUT2D eigenvalue weighted by atomic mass is 32.2. The van der Waals surface area contributed by atoms with Crippen LogP contribution >= 0.6 is 0 Å². The van der Waals surface area contributed by atoms with E-state index in [1.807, 2.05) is 11.8 Å². The summed E-state index contributed by atoms with van der Waals surface area (Å²) < 4.78 is 59.6. The lowest BCUT2D eigenvalue weighted by Crippen LogP contribution is -2.47. The van der Waals surface area contributed by atoms with E-state index in [4.69, 9.17) is 4.55 Å². The number of fused-ring (bicyclic) bond motifs is 1. The molecule has 0 aromatic carbocycles. The van der Waals surface area contributed by atoms with Crippen molar-refractivity contribution in [1.29, 1.82) is 0 Å². The van der Waals surface area contributed by atoms with Gasteiger partial charge < -0.3 is 14.4 Å². The summed E-state index contributed by atoms with van der Waals surface area (Å²) in [5.41, 5.74) is -0.916. The number of anilines is 2. The van der Waals surface area contributed by atoms with E-state index in [0.717, 1.165) is 12.5 Å². The first-order chi connectivity index (χ1) is 11.7. The molecule has 3 heterocycles. The minimum absolute atomic E-state index is 0.136. The summed E-state index contributed by atoms with van der Waals surface area (Å²) >= 11 is -1.82. The fourth-order valence-electron chi connectivity index (χ4n) is 3.92. The topological polar surface area (TPSA) is 69.6 Å². The van der Waals surface area contributed by atoms with Crippen LogP contribution in [0, 0.1) is 17.8 Å². The molecule has 1 aliphatic carbocycles. The van der Waals surface area contributed by atoms with Gasteiger partial charge in [0, 0.05) is 31.7 Å². The van der Waals surface area contributed by atoms with Crippen molar-refractivity contribution in [2.75, 3.05) is 35.2 Å². The van der Waals surface area contributed by atoms with Crippen molar-refractivity contribution in [2.45, 2.75) is 25.6 Å². The SMILES string of the molecule is C[C@H]1CCN1c1nc(N2CC3C(C2)C3CS(=O)O)cc(C(F)(F)F)n1. The summed E-state index contributed by atoms with van der Waals surface area (Å²) in [4.78, 5) is 11.7. The van der Waals surface area contributed by atoms with Gasteiger partial charge >= 0.3 is 6.18 Å². The molecule has 3 unspecified atom stereocenters. The largest absolute Gasteiger partial charge is 0.433 e. The summed E-state index contributed by atoms with van der Waals surface area (Å²) in [6.07, 6.45) is -3.59. The maximum absolute atomic E-state index is 13.2. The molecule has 4 atom stereocenters. The van der Waals surface area contributed by atoms with Crippen LogP contribution in [0.5, 0.6) is 0 Å². The lowest BCUT2D eigenvalue weighted by Gasteiger charge is -2.39. The summed E-state index contributed by atoms with van der Waals surface area (Å²) in [5, 5.41) is 0. The Morgan fingerprint density at radius 3 is 2.48 bits per heavy atom. The predicted octanol–water partition coefficient (Wildman–Crippen LogP) is 2.00. The zero-order valence-electron chi connectivity index (χ0n) is 13.6. The first kappa shape index (κ1) is 17.0. The highest BCUT2D eigenvalue weighted by molar-refractivity contribution is 7.79. The van der Waals surface area contributed by atoms with Crippen LogP contribution in [-0.4, -0.2) is 50.2 Å². The third-order valence-corrected chi connectivity index (χ3v) is 6.27. The van der Waals surface area contributed by atoms with E-state index >= 15 is 0 Å². The van der Waals surface area contributed by atoms with Gasteiger partial charge in [0.2, 0.25) is 5.95 Å². The van der Waals surface area contributed by atoms with Crippen LogP contribution in [0.3, 0.4) is 0 Å². The molecule has 2 aliphatic heterocycles. The molecule has 2 saturated heterocycles. The Labute approximate surface area is 145 Å². The van der Waals surface area contributed by atoms with Crippen molar-refractivity contribution in [3.8, 4) is 0 Å². The summed E-state index contributed by atoms with van der Waals surface area (Å²) in [7, 11) is 0. The molecule has 4 rings (SSSR count). The Morgan fingerprint density at radius 1 is 1.32 bits per heavy atom. The van der Waals surface area contributed by atoms with E-state index in [2.05, 4.69) is 9.97 Å². The molecule has 25 heavy (non-hydrogen) atoms. The number of aromatic nitrogens is 2. The number of piperidine rings is 1. The highest BCUT2D eigenvalue weighted by Crippen LogP contribution is 2.52. The maximum Gasteiger partial charge on any atom is 0.433 e. The Balaban J connectivity index is 1.56. The highest BCUT2D eigenvalue weighted by Gasteiger charge is 2.56. The Kier molecular flexibility index (Phi) is 3.95. The standard InChI is InChI=1S/C15H19F3N4O2S/c1-8-2-3-22(8)14-19-12(15(16,17)18)4-13(20-14)21-5-9-10(6-21)11(9)7-25(23)24/h4,8-11H,2-3,5-7H2,1H3,(H,23,24)/t8-,9?,10?,11?/m0/s1. The number of rotatable bonds is 4. The number of hydrogen-bond acceptors (Lipinski definition) is 5. The fraction of sp³-hybridized carbons (Fsp3) is 0.733. The van der Waals surface area contributed by atoms with Crippen LogP contribution in [-0.2, 0) is 17.3 Å². The number of halogens is 3. The Bertz CT molecular complexity index is 705. The zero-order valence-corrected chi connectivity index (χ0v) is 14.4. The molecule has 10 heteroatoms. The third kappa shape index (κ3) is 3.10. The van der Waals surface area contributed by atoms with Crippen LogP contribution in [0.25, 0.3) is 0 Å². The second-order valence-corrected chi connectivity index (χ2v) is 8.10. The number of nitrogens with zero attached hydrogens (tertiary/aromatic N) is 4. The lowest BCUT2D eigenvalue weighted by molar-refractivity contribution is -0.141. The first-order valence-electron chi connectivity index (χ1n) is 8.29. The molecule has 0 spiro atoms. The van der Waals surface area contributed by atoms with Crippen molar-refractivity contribution in [1.82, 2.24) is 9.97 Å². The van der Waals surface area contributed by atoms with Gasteiger partial charge in [-0.2, -0.15) is 18.2 Å². The van der Waals surface area contributed by atoms with E-state index in [0.29, 0.717) is 25.5 Å². The van der Waals surface area contributed by atoms with E-state index in [1.165, 1.54) is 0 Å². The second-order valence-electron chi connectivity index (χ2n) is 7.12. The predicted molar refractivity (Wildman–Crippen MR) is 86.8 cm³/mol. The molecule has 3 fully saturated rings. The van der Waals surface area contributed by atoms with Crippen LogP contribution in [0.15, 0.2) is 6.07 Å². The van der Waals surface area contributed by atoms with Gasteiger partial charge in [0.15, 0.2) is 16.8 Å². The van der Waals surface area contributed by atoms with Gasteiger partial charge in [0.25, 0.3) is 0 Å². The molecule has 0 amide bonds. The average Bonchev–Trinajstić information content (AvgIpc) is 2.95. The molecule has 0 bridgehead atoms. The summed E-state index contributed by atoms with van der Waals surface area (Å²) in [6, 6.07) is 1.16. The number of alkyl halides is 3. The normalized spacial score (nSPS) is 32.4. The molecular formula is C15H19F3N4O2S. The minimum atomic E-state index is -4.51. The maximum atomic E-state index is 13.2. The molecule has 0 radical (unpaired) electrons. The van der Waals surface area contributed by atoms with E-state index in [1.54, 1.807) is 4.90 Å². The van der Waals surface area contributed by atoms with Crippen LogP contribution in [0.4, 0.5) is 24.9 Å². The molecule has 138 valence electrons. The fourth-order valence-corrected chi connectivity index (χ4v) is 4.74.